The maximum atomic E-state index is 13.3. The zero-order valence-electron chi connectivity index (χ0n) is 11.7. The number of carbonyl (C=O) groups is 1. The Bertz CT molecular complexity index is 704. The van der Waals surface area contributed by atoms with Crippen LogP contribution in [0.3, 0.4) is 0 Å². The Kier molecular flexibility index (Phi) is 5.08. The van der Waals surface area contributed by atoms with Gasteiger partial charge < -0.3 is 5.32 Å². The highest BCUT2D eigenvalue weighted by Gasteiger charge is 2.13. The average Bonchev–Trinajstić information content (AvgIpc) is 2.48. The van der Waals surface area contributed by atoms with Gasteiger partial charge in [0.1, 0.15) is 5.82 Å². The Morgan fingerprint density at radius 1 is 1.27 bits per heavy atom. The molecule has 0 fully saturated rings. The monoisotopic (exact) mass is 327 g/mol. The van der Waals surface area contributed by atoms with Crippen LogP contribution < -0.4 is 5.32 Å². The van der Waals surface area contributed by atoms with Crippen molar-refractivity contribution in [2.24, 2.45) is 0 Å². The molecule has 0 saturated heterocycles. The number of benzene rings is 2. The van der Waals surface area contributed by atoms with Crippen LogP contribution in [-0.2, 0) is 6.54 Å². The van der Waals surface area contributed by atoms with Gasteiger partial charge in [0.2, 0.25) is 0 Å². The summed E-state index contributed by atoms with van der Waals surface area (Å²) in [6.45, 7) is 1.60. The highest BCUT2D eigenvalue weighted by molar-refractivity contribution is 6.33. The second kappa shape index (κ2) is 6.83. The zero-order valence-corrected chi connectivity index (χ0v) is 12.4. The molecule has 0 bridgehead atoms. The number of hydrogen-bond acceptors (Lipinski definition) is 1. The molecule has 1 N–H and O–H groups in total. The standard InChI is InChI=1S/C16H13ClF3NO/c1-9-5-12(13(17)7-14(9)18)16(22)21-8-10-3-2-4-11(6-10)15(19)20/h2-7,15H,8H2,1H3,(H,21,22). The van der Waals surface area contributed by atoms with E-state index in [2.05, 4.69) is 5.32 Å². The average molecular weight is 328 g/mol. The van der Waals surface area contributed by atoms with Gasteiger partial charge in [-0.1, -0.05) is 29.8 Å². The summed E-state index contributed by atoms with van der Waals surface area (Å²) in [5, 5.41) is 2.58. The number of nitrogens with one attached hydrogen (secondary N) is 1. The molecule has 6 heteroatoms. The van der Waals surface area contributed by atoms with Crippen molar-refractivity contribution in [2.45, 2.75) is 19.9 Å². The van der Waals surface area contributed by atoms with Crippen molar-refractivity contribution >= 4 is 17.5 Å². The number of hydrogen-bond donors (Lipinski definition) is 1. The molecule has 0 aliphatic rings. The molecule has 0 aliphatic heterocycles. The molecule has 0 radical (unpaired) electrons. The van der Waals surface area contributed by atoms with Crippen LogP contribution >= 0.6 is 11.6 Å². The van der Waals surface area contributed by atoms with Gasteiger partial charge >= 0.3 is 0 Å². The van der Waals surface area contributed by atoms with Crippen LogP contribution in [0.1, 0.15) is 33.5 Å². The quantitative estimate of drug-likeness (QED) is 0.869. The van der Waals surface area contributed by atoms with Crippen molar-refractivity contribution < 1.29 is 18.0 Å². The molecule has 2 aromatic carbocycles. The molecule has 116 valence electrons. The molecular formula is C16H13ClF3NO. The number of aryl methyl sites for hydroxylation is 1. The molecule has 1 amide bonds. The van der Waals surface area contributed by atoms with Gasteiger partial charge in [-0.3, -0.25) is 4.79 Å². The SMILES string of the molecule is Cc1cc(C(=O)NCc2cccc(C(F)F)c2)c(Cl)cc1F. The largest absolute Gasteiger partial charge is 0.348 e. The van der Waals surface area contributed by atoms with E-state index in [-0.39, 0.29) is 22.7 Å². The molecule has 0 saturated carbocycles. The maximum absolute atomic E-state index is 13.3. The van der Waals surface area contributed by atoms with E-state index in [1.807, 2.05) is 0 Å². The molecule has 2 rings (SSSR count). The number of rotatable bonds is 4. The Morgan fingerprint density at radius 2 is 2.00 bits per heavy atom. The summed E-state index contributed by atoms with van der Waals surface area (Å²) in [5.74, 6) is -0.985. The minimum atomic E-state index is -2.56. The Balaban J connectivity index is 2.10. The summed E-state index contributed by atoms with van der Waals surface area (Å²) in [6.07, 6.45) is -2.56. The number of halogens is 4. The van der Waals surface area contributed by atoms with Gasteiger partial charge in [0, 0.05) is 12.1 Å². The molecule has 0 atom stereocenters. The second-order valence-corrected chi connectivity index (χ2v) is 5.22. The molecule has 0 aromatic heterocycles. The van der Waals surface area contributed by atoms with E-state index in [1.54, 1.807) is 6.07 Å². The van der Waals surface area contributed by atoms with Crippen molar-refractivity contribution in [3.05, 3.63) is 69.5 Å². The summed E-state index contributed by atoms with van der Waals surface area (Å²) in [5.41, 5.74) is 0.878. The zero-order chi connectivity index (χ0) is 16.3. The van der Waals surface area contributed by atoms with E-state index >= 15 is 0 Å². The fourth-order valence-corrected chi connectivity index (χ4v) is 2.18. The summed E-state index contributed by atoms with van der Waals surface area (Å²) in [6, 6.07) is 8.19. The highest BCUT2D eigenvalue weighted by Crippen LogP contribution is 2.21. The molecule has 22 heavy (non-hydrogen) atoms. The van der Waals surface area contributed by atoms with Gasteiger partial charge in [-0.05, 0) is 36.2 Å². The van der Waals surface area contributed by atoms with Crippen molar-refractivity contribution in [3.8, 4) is 0 Å². The van der Waals surface area contributed by atoms with E-state index in [9.17, 15) is 18.0 Å². The third-order valence-corrected chi connectivity index (χ3v) is 3.46. The lowest BCUT2D eigenvalue weighted by Gasteiger charge is -2.09. The van der Waals surface area contributed by atoms with Crippen molar-refractivity contribution in [1.82, 2.24) is 5.32 Å². The van der Waals surface area contributed by atoms with Crippen LogP contribution in [0.2, 0.25) is 5.02 Å². The van der Waals surface area contributed by atoms with E-state index < -0.39 is 18.1 Å². The van der Waals surface area contributed by atoms with Crippen molar-refractivity contribution in [2.75, 3.05) is 0 Å². The van der Waals surface area contributed by atoms with E-state index in [0.717, 1.165) is 6.07 Å². The fourth-order valence-electron chi connectivity index (χ4n) is 1.95. The van der Waals surface area contributed by atoms with E-state index in [0.29, 0.717) is 11.1 Å². The fraction of sp³-hybridized carbons (Fsp3) is 0.188. The van der Waals surface area contributed by atoms with Crippen LogP contribution in [-0.4, -0.2) is 5.91 Å². The van der Waals surface area contributed by atoms with Crippen LogP contribution in [0, 0.1) is 12.7 Å². The lowest BCUT2D eigenvalue weighted by molar-refractivity contribution is 0.0951. The first kappa shape index (κ1) is 16.4. The molecular weight excluding hydrogens is 315 g/mol. The highest BCUT2D eigenvalue weighted by atomic mass is 35.5. The third kappa shape index (κ3) is 3.80. The minimum Gasteiger partial charge on any atom is -0.348 e. The smallest absolute Gasteiger partial charge is 0.263 e. The van der Waals surface area contributed by atoms with Crippen LogP contribution in [0.15, 0.2) is 36.4 Å². The number of amides is 1. The Hall–Kier alpha value is -2.01. The van der Waals surface area contributed by atoms with Crippen molar-refractivity contribution in [3.63, 3.8) is 0 Å². The van der Waals surface area contributed by atoms with Gasteiger partial charge in [0.25, 0.3) is 12.3 Å². The van der Waals surface area contributed by atoms with E-state index in [4.69, 9.17) is 11.6 Å². The summed E-state index contributed by atoms with van der Waals surface area (Å²) < 4.78 is 38.5. The van der Waals surface area contributed by atoms with E-state index in [1.165, 1.54) is 31.2 Å². The van der Waals surface area contributed by atoms with Gasteiger partial charge in [-0.2, -0.15) is 0 Å². The first-order valence-corrected chi connectivity index (χ1v) is 6.87. The predicted octanol–water partition coefficient (Wildman–Crippen LogP) is 4.66. The molecule has 0 unspecified atom stereocenters. The van der Waals surface area contributed by atoms with Gasteiger partial charge in [-0.15, -0.1) is 0 Å². The molecule has 2 nitrogen and oxygen atoms in total. The third-order valence-electron chi connectivity index (χ3n) is 3.15. The van der Waals surface area contributed by atoms with Crippen LogP contribution in [0.4, 0.5) is 13.2 Å². The normalized spacial score (nSPS) is 10.8. The second-order valence-electron chi connectivity index (χ2n) is 4.81. The summed E-state index contributed by atoms with van der Waals surface area (Å²) in [4.78, 5) is 12.1. The van der Waals surface area contributed by atoms with Gasteiger partial charge in [0.15, 0.2) is 0 Å². The molecule has 2 aromatic rings. The lowest BCUT2D eigenvalue weighted by atomic mass is 10.1. The first-order valence-electron chi connectivity index (χ1n) is 6.49. The lowest BCUT2D eigenvalue weighted by Crippen LogP contribution is -2.23. The van der Waals surface area contributed by atoms with Crippen LogP contribution in [0.25, 0.3) is 0 Å². The Morgan fingerprint density at radius 3 is 2.68 bits per heavy atom. The Labute approximate surface area is 130 Å². The minimum absolute atomic E-state index is 0.00179. The predicted molar refractivity (Wildman–Crippen MR) is 78.7 cm³/mol. The summed E-state index contributed by atoms with van der Waals surface area (Å²) in [7, 11) is 0. The topological polar surface area (TPSA) is 29.1 Å². The van der Waals surface area contributed by atoms with Crippen LogP contribution in [0.5, 0.6) is 0 Å². The first-order chi connectivity index (χ1) is 10.4. The van der Waals surface area contributed by atoms with Crippen molar-refractivity contribution in [1.29, 1.82) is 0 Å². The van der Waals surface area contributed by atoms with Gasteiger partial charge in [0.05, 0.1) is 10.6 Å². The molecule has 0 aliphatic carbocycles. The molecule has 0 spiro atoms. The molecule has 0 heterocycles. The summed E-state index contributed by atoms with van der Waals surface area (Å²) >= 11 is 5.84. The number of alkyl halides is 2. The maximum Gasteiger partial charge on any atom is 0.263 e. The van der Waals surface area contributed by atoms with Gasteiger partial charge in [-0.25, -0.2) is 13.2 Å². The number of carbonyl (C=O) groups excluding carboxylic acids is 1.